The molecule has 0 unspecified atom stereocenters. The lowest BCUT2D eigenvalue weighted by Gasteiger charge is -2.34. The summed E-state index contributed by atoms with van der Waals surface area (Å²) in [5.41, 5.74) is 6.41. The Morgan fingerprint density at radius 1 is 0.778 bits per heavy atom. The second kappa shape index (κ2) is 9.76. The maximum atomic E-state index is 6.40. The summed E-state index contributed by atoms with van der Waals surface area (Å²) < 4.78 is 0. The fourth-order valence-corrected chi connectivity index (χ4v) is 2.33. The molecule has 0 heterocycles. The van der Waals surface area contributed by atoms with E-state index in [4.69, 9.17) is 5.73 Å². The van der Waals surface area contributed by atoms with E-state index < -0.39 is 0 Å². The van der Waals surface area contributed by atoms with E-state index in [2.05, 4.69) is 44.4 Å². The van der Waals surface area contributed by atoms with Gasteiger partial charge in [0.15, 0.2) is 0 Å². The Kier molecular flexibility index (Phi) is 9.70. The monoisotopic (exact) mass is 257 g/mol. The minimum absolute atomic E-state index is 0.00517. The van der Waals surface area contributed by atoms with E-state index in [0.29, 0.717) is 0 Å². The van der Waals surface area contributed by atoms with Crippen molar-refractivity contribution >= 4 is 0 Å². The third-order valence-electron chi connectivity index (χ3n) is 4.24. The lowest BCUT2D eigenvalue weighted by Crippen LogP contribution is -2.49. The van der Waals surface area contributed by atoms with Gasteiger partial charge in [-0.3, -0.25) is 0 Å². The first-order valence-corrected chi connectivity index (χ1v) is 7.78. The molecule has 3 heteroatoms. The van der Waals surface area contributed by atoms with E-state index in [-0.39, 0.29) is 5.54 Å². The summed E-state index contributed by atoms with van der Waals surface area (Å²) in [6.07, 6.45) is 3.38. The van der Waals surface area contributed by atoms with Crippen LogP contribution in [0.2, 0.25) is 0 Å². The molecular weight excluding hydrogens is 222 g/mol. The van der Waals surface area contributed by atoms with Crippen molar-refractivity contribution in [3.8, 4) is 0 Å². The van der Waals surface area contributed by atoms with Crippen molar-refractivity contribution in [2.45, 2.75) is 59.4 Å². The second-order valence-corrected chi connectivity index (χ2v) is 5.32. The molecule has 0 aliphatic carbocycles. The fraction of sp³-hybridized carbons (Fsp3) is 1.00. The Morgan fingerprint density at radius 3 is 1.61 bits per heavy atom. The van der Waals surface area contributed by atoms with Gasteiger partial charge in [-0.15, -0.1) is 0 Å². The molecule has 0 aliphatic heterocycles. The Labute approximate surface area is 115 Å². The average Bonchev–Trinajstić information content (AvgIpc) is 2.42. The number of likely N-dealkylation sites (N-methyl/N-ethyl adjacent to an activating group) is 1. The summed E-state index contributed by atoms with van der Waals surface area (Å²) in [6, 6.07) is 0. The Hall–Kier alpha value is -0.120. The number of nitrogens with zero attached hydrogens (tertiary/aromatic N) is 2. The van der Waals surface area contributed by atoms with Crippen molar-refractivity contribution in [2.24, 2.45) is 5.73 Å². The number of hydrogen-bond acceptors (Lipinski definition) is 3. The molecule has 110 valence electrons. The van der Waals surface area contributed by atoms with Gasteiger partial charge in [0.05, 0.1) is 0 Å². The highest BCUT2D eigenvalue weighted by Gasteiger charge is 2.22. The van der Waals surface area contributed by atoms with Crippen molar-refractivity contribution in [3.05, 3.63) is 0 Å². The first-order valence-electron chi connectivity index (χ1n) is 7.78. The van der Waals surface area contributed by atoms with Crippen LogP contribution in [0.1, 0.15) is 53.9 Å². The average molecular weight is 257 g/mol. The molecule has 0 saturated heterocycles. The van der Waals surface area contributed by atoms with E-state index in [1.165, 1.54) is 19.5 Å². The van der Waals surface area contributed by atoms with Crippen LogP contribution in [-0.2, 0) is 0 Å². The molecule has 0 aromatic carbocycles. The maximum absolute atomic E-state index is 6.40. The van der Waals surface area contributed by atoms with Crippen LogP contribution >= 0.6 is 0 Å². The van der Waals surface area contributed by atoms with Crippen molar-refractivity contribution in [2.75, 3.05) is 39.3 Å². The summed E-state index contributed by atoms with van der Waals surface area (Å²) in [4.78, 5) is 5.00. The van der Waals surface area contributed by atoms with Crippen molar-refractivity contribution in [1.29, 1.82) is 0 Å². The summed E-state index contributed by atoms with van der Waals surface area (Å²) >= 11 is 0. The van der Waals surface area contributed by atoms with E-state index in [1.807, 2.05) is 0 Å². The van der Waals surface area contributed by atoms with Gasteiger partial charge in [-0.1, -0.05) is 34.6 Å². The number of hydrogen-bond donors (Lipinski definition) is 1. The number of rotatable bonds is 11. The minimum Gasteiger partial charge on any atom is -0.324 e. The fourth-order valence-electron chi connectivity index (χ4n) is 2.33. The van der Waals surface area contributed by atoms with Crippen LogP contribution < -0.4 is 5.73 Å². The van der Waals surface area contributed by atoms with Gasteiger partial charge in [0.25, 0.3) is 0 Å². The van der Waals surface area contributed by atoms with Crippen molar-refractivity contribution < 1.29 is 0 Å². The van der Waals surface area contributed by atoms with Crippen LogP contribution in [0.5, 0.6) is 0 Å². The van der Waals surface area contributed by atoms with E-state index in [1.54, 1.807) is 0 Å². The van der Waals surface area contributed by atoms with Crippen LogP contribution in [0.3, 0.4) is 0 Å². The molecule has 0 atom stereocenters. The van der Waals surface area contributed by atoms with Gasteiger partial charge >= 0.3 is 0 Å². The first kappa shape index (κ1) is 17.9. The van der Waals surface area contributed by atoms with Crippen molar-refractivity contribution in [3.63, 3.8) is 0 Å². The second-order valence-electron chi connectivity index (χ2n) is 5.32. The van der Waals surface area contributed by atoms with E-state index >= 15 is 0 Å². The van der Waals surface area contributed by atoms with Crippen LogP contribution in [0.15, 0.2) is 0 Å². The maximum Gasteiger partial charge on any atom is 0.0278 e. The molecule has 0 spiro atoms. The zero-order valence-corrected chi connectivity index (χ0v) is 13.3. The minimum atomic E-state index is 0.00517. The lowest BCUT2D eigenvalue weighted by atomic mass is 9.93. The van der Waals surface area contributed by atoms with Gasteiger partial charge in [-0.2, -0.15) is 0 Å². The highest BCUT2D eigenvalue weighted by atomic mass is 15.2. The topological polar surface area (TPSA) is 32.5 Å². The molecule has 0 amide bonds. The van der Waals surface area contributed by atoms with Gasteiger partial charge in [0.1, 0.15) is 0 Å². The molecule has 0 radical (unpaired) electrons. The molecule has 0 aliphatic rings. The Bertz CT molecular complexity index is 186. The highest BCUT2D eigenvalue weighted by Crippen LogP contribution is 2.13. The lowest BCUT2D eigenvalue weighted by molar-refractivity contribution is 0.192. The summed E-state index contributed by atoms with van der Waals surface area (Å²) in [5.74, 6) is 0. The molecular formula is C15H35N3. The van der Waals surface area contributed by atoms with Gasteiger partial charge < -0.3 is 15.5 Å². The van der Waals surface area contributed by atoms with Crippen LogP contribution in [-0.4, -0.2) is 54.6 Å². The number of nitrogens with two attached hydrogens (primary N) is 1. The van der Waals surface area contributed by atoms with E-state index in [0.717, 1.165) is 39.0 Å². The molecule has 0 fully saturated rings. The third kappa shape index (κ3) is 6.72. The quantitative estimate of drug-likeness (QED) is 0.617. The molecule has 0 bridgehead atoms. The predicted octanol–water partition coefficient (Wildman–Crippen LogP) is 2.56. The highest BCUT2D eigenvalue weighted by molar-refractivity contribution is 4.84. The van der Waals surface area contributed by atoms with Crippen LogP contribution in [0, 0.1) is 0 Å². The van der Waals surface area contributed by atoms with Crippen LogP contribution in [0.4, 0.5) is 0 Å². The largest absolute Gasteiger partial charge is 0.324 e. The summed E-state index contributed by atoms with van der Waals surface area (Å²) in [5, 5.41) is 0. The van der Waals surface area contributed by atoms with E-state index in [9.17, 15) is 0 Å². The standard InChI is InChI=1S/C15H35N3/c1-6-15(16,7-2)14-18(10-5)13-11-12-17(8-3)9-4/h6-14,16H2,1-5H3. The zero-order chi connectivity index (χ0) is 14.0. The Balaban J connectivity index is 4.04. The van der Waals surface area contributed by atoms with Crippen LogP contribution in [0.25, 0.3) is 0 Å². The van der Waals surface area contributed by atoms with Gasteiger partial charge in [0.2, 0.25) is 0 Å². The third-order valence-corrected chi connectivity index (χ3v) is 4.24. The Morgan fingerprint density at radius 2 is 1.22 bits per heavy atom. The molecule has 0 aromatic heterocycles. The summed E-state index contributed by atoms with van der Waals surface area (Å²) in [6.45, 7) is 18.0. The first-order chi connectivity index (χ1) is 8.55. The molecule has 2 N–H and O–H groups in total. The zero-order valence-electron chi connectivity index (χ0n) is 13.3. The van der Waals surface area contributed by atoms with Crippen molar-refractivity contribution in [1.82, 2.24) is 9.80 Å². The smallest absolute Gasteiger partial charge is 0.0278 e. The normalized spacial score (nSPS) is 12.7. The summed E-state index contributed by atoms with van der Waals surface area (Å²) in [7, 11) is 0. The molecule has 18 heavy (non-hydrogen) atoms. The molecule has 3 nitrogen and oxygen atoms in total. The molecule has 0 aromatic rings. The van der Waals surface area contributed by atoms with Gasteiger partial charge in [-0.25, -0.2) is 0 Å². The molecule has 0 rings (SSSR count). The molecule has 0 saturated carbocycles. The SMILES string of the molecule is CCN(CC)CCCN(CC)CC(N)(CC)CC. The van der Waals surface area contributed by atoms with Gasteiger partial charge in [0, 0.05) is 12.1 Å². The predicted molar refractivity (Wildman–Crippen MR) is 82.0 cm³/mol. The van der Waals surface area contributed by atoms with Gasteiger partial charge in [-0.05, 0) is 52.0 Å².